The molecule has 0 spiro atoms. The molecule has 0 atom stereocenters. The highest BCUT2D eigenvalue weighted by Gasteiger charge is 2.14. The number of aryl methyl sites for hydroxylation is 1. The summed E-state index contributed by atoms with van der Waals surface area (Å²) in [5, 5.41) is 1.30. The molecule has 1 amide bonds. The number of anilines is 1. The fraction of sp³-hybridized carbons (Fsp3) is 0.250. The number of benzene rings is 1. The second kappa shape index (κ2) is 5.68. The minimum Gasteiger partial charge on any atom is -0.280 e. The van der Waals surface area contributed by atoms with Gasteiger partial charge < -0.3 is 0 Å². The number of amides is 1. The van der Waals surface area contributed by atoms with Gasteiger partial charge in [-0.3, -0.25) is 30.0 Å². The lowest BCUT2D eigenvalue weighted by molar-refractivity contribution is -0.120. The molecule has 3 aromatic rings. The van der Waals surface area contributed by atoms with Crippen molar-refractivity contribution in [3.05, 3.63) is 40.3 Å². The van der Waals surface area contributed by atoms with Crippen LogP contribution >= 0.6 is 0 Å². The molecule has 0 aliphatic rings. The maximum atomic E-state index is 12.8. The van der Waals surface area contributed by atoms with Gasteiger partial charge in [-0.1, -0.05) is 25.1 Å². The van der Waals surface area contributed by atoms with E-state index in [0.717, 1.165) is 10.9 Å². The average molecular weight is 311 g/mol. The van der Waals surface area contributed by atoms with Gasteiger partial charge in [0, 0.05) is 18.9 Å². The van der Waals surface area contributed by atoms with Crippen molar-refractivity contribution in [1.82, 2.24) is 20.0 Å². The fourth-order valence-corrected chi connectivity index (χ4v) is 2.45. The smallest absolute Gasteiger partial charge is 0.263 e. The van der Waals surface area contributed by atoms with Crippen LogP contribution in [0.15, 0.2) is 29.1 Å². The zero-order valence-corrected chi connectivity index (χ0v) is 13.2. The van der Waals surface area contributed by atoms with Crippen molar-refractivity contribution in [3.8, 4) is 0 Å². The van der Waals surface area contributed by atoms with Crippen molar-refractivity contribution in [2.45, 2.75) is 20.3 Å². The number of rotatable bonds is 3. The quantitative estimate of drug-likeness (QED) is 0.567. The molecule has 0 unspecified atom stereocenters. The molecule has 0 saturated heterocycles. The maximum absolute atomic E-state index is 12.8. The van der Waals surface area contributed by atoms with Gasteiger partial charge in [-0.25, -0.2) is 4.98 Å². The van der Waals surface area contributed by atoms with Gasteiger partial charge in [-0.05, 0) is 13.0 Å². The summed E-state index contributed by atoms with van der Waals surface area (Å²) in [5.74, 6) is 0.0807. The van der Waals surface area contributed by atoms with Crippen LogP contribution in [0.2, 0.25) is 0 Å². The molecule has 2 aromatic heterocycles. The number of hydrogen-bond acceptors (Lipinski definition) is 5. The third-order valence-electron chi connectivity index (χ3n) is 3.73. The number of para-hydroxylation sites is 1. The first-order valence-corrected chi connectivity index (χ1v) is 7.34. The molecule has 3 rings (SSSR count). The first-order chi connectivity index (χ1) is 11.0. The van der Waals surface area contributed by atoms with Gasteiger partial charge in [0.2, 0.25) is 11.9 Å². The van der Waals surface area contributed by atoms with E-state index in [2.05, 4.69) is 20.8 Å². The van der Waals surface area contributed by atoms with Crippen LogP contribution in [0, 0.1) is 6.92 Å². The SMILES string of the molecule is CCC(=O)NNc1nc2c(C)nc3ccccc3c2c(=O)n1C. The summed E-state index contributed by atoms with van der Waals surface area (Å²) in [6.45, 7) is 3.56. The van der Waals surface area contributed by atoms with Crippen LogP contribution in [-0.4, -0.2) is 20.4 Å². The van der Waals surface area contributed by atoms with Gasteiger partial charge in [0.25, 0.3) is 5.56 Å². The van der Waals surface area contributed by atoms with E-state index in [4.69, 9.17) is 0 Å². The summed E-state index contributed by atoms with van der Waals surface area (Å²) in [7, 11) is 1.61. The Morgan fingerprint density at radius 2 is 2.00 bits per heavy atom. The Labute approximate surface area is 132 Å². The number of carbonyl (C=O) groups is 1. The Balaban J connectivity index is 2.26. The van der Waals surface area contributed by atoms with Gasteiger partial charge >= 0.3 is 0 Å². The number of carbonyl (C=O) groups excluding carboxylic acids is 1. The molecule has 7 nitrogen and oxygen atoms in total. The normalized spacial score (nSPS) is 10.9. The molecular formula is C16H17N5O2. The first-order valence-electron chi connectivity index (χ1n) is 7.34. The summed E-state index contributed by atoms with van der Waals surface area (Å²) >= 11 is 0. The predicted molar refractivity (Wildman–Crippen MR) is 89.1 cm³/mol. The highest BCUT2D eigenvalue weighted by atomic mass is 16.2. The number of aromatic nitrogens is 3. The lowest BCUT2D eigenvalue weighted by atomic mass is 10.1. The molecule has 2 N–H and O–H groups in total. The minimum atomic E-state index is -0.190. The molecule has 1 aromatic carbocycles. The number of hydrogen-bond donors (Lipinski definition) is 2. The van der Waals surface area contributed by atoms with Crippen molar-refractivity contribution in [1.29, 1.82) is 0 Å². The van der Waals surface area contributed by atoms with Gasteiger partial charge in [0.05, 0.1) is 16.6 Å². The third-order valence-corrected chi connectivity index (χ3v) is 3.73. The standard InChI is InChI=1S/C16H17N5O2/c1-4-12(22)19-20-16-18-14-9(2)17-11-8-6-5-7-10(11)13(14)15(23)21(16)3/h5-8H,4H2,1-3H3,(H,18,20)(H,19,22). The lowest BCUT2D eigenvalue weighted by Gasteiger charge is -2.13. The van der Waals surface area contributed by atoms with E-state index in [0.29, 0.717) is 23.0 Å². The molecular weight excluding hydrogens is 294 g/mol. The number of pyridine rings is 1. The van der Waals surface area contributed by atoms with Crippen LogP contribution in [0.25, 0.3) is 21.8 Å². The molecule has 0 fully saturated rings. The molecule has 7 heteroatoms. The zero-order valence-electron chi connectivity index (χ0n) is 13.2. The first kappa shape index (κ1) is 15.0. The molecule has 0 radical (unpaired) electrons. The summed E-state index contributed by atoms with van der Waals surface area (Å²) in [6, 6.07) is 7.48. The predicted octanol–water partition coefficient (Wildman–Crippen LogP) is 1.64. The highest BCUT2D eigenvalue weighted by Crippen LogP contribution is 2.22. The van der Waals surface area contributed by atoms with Crippen LogP contribution in [0.1, 0.15) is 19.0 Å². The molecule has 0 bridgehead atoms. The van der Waals surface area contributed by atoms with Crippen molar-refractivity contribution in [2.24, 2.45) is 7.05 Å². The Morgan fingerprint density at radius 3 is 2.74 bits per heavy atom. The number of hydrazine groups is 1. The Bertz CT molecular complexity index is 978. The third kappa shape index (κ3) is 2.50. The maximum Gasteiger partial charge on any atom is 0.263 e. The molecule has 0 aliphatic heterocycles. The fourth-order valence-electron chi connectivity index (χ4n) is 2.45. The summed E-state index contributed by atoms with van der Waals surface area (Å²) < 4.78 is 1.38. The van der Waals surface area contributed by atoms with E-state index in [9.17, 15) is 9.59 Å². The van der Waals surface area contributed by atoms with Gasteiger partial charge in [-0.15, -0.1) is 0 Å². The van der Waals surface area contributed by atoms with E-state index in [1.54, 1.807) is 14.0 Å². The summed E-state index contributed by atoms with van der Waals surface area (Å²) in [6.07, 6.45) is 0.333. The average Bonchev–Trinajstić information content (AvgIpc) is 2.56. The Morgan fingerprint density at radius 1 is 1.26 bits per heavy atom. The van der Waals surface area contributed by atoms with Crippen molar-refractivity contribution < 1.29 is 4.79 Å². The van der Waals surface area contributed by atoms with E-state index in [1.165, 1.54) is 4.57 Å². The van der Waals surface area contributed by atoms with Gasteiger partial charge in [-0.2, -0.15) is 0 Å². The number of nitrogens with zero attached hydrogens (tertiary/aromatic N) is 3. The van der Waals surface area contributed by atoms with Crippen LogP contribution in [-0.2, 0) is 11.8 Å². The van der Waals surface area contributed by atoms with E-state index in [-0.39, 0.29) is 17.4 Å². The van der Waals surface area contributed by atoms with E-state index in [1.807, 2.05) is 31.2 Å². The second-order valence-electron chi connectivity index (χ2n) is 5.26. The minimum absolute atomic E-state index is 0.187. The van der Waals surface area contributed by atoms with Crippen LogP contribution < -0.4 is 16.4 Å². The van der Waals surface area contributed by atoms with Crippen LogP contribution in [0.5, 0.6) is 0 Å². The topological polar surface area (TPSA) is 88.9 Å². The van der Waals surface area contributed by atoms with Crippen molar-refractivity contribution in [3.63, 3.8) is 0 Å². The largest absolute Gasteiger partial charge is 0.280 e. The Kier molecular flexibility index (Phi) is 3.69. The molecule has 2 heterocycles. The van der Waals surface area contributed by atoms with E-state index >= 15 is 0 Å². The zero-order chi connectivity index (χ0) is 16.6. The van der Waals surface area contributed by atoms with Crippen LogP contribution in [0.4, 0.5) is 5.95 Å². The molecule has 0 saturated carbocycles. The summed E-state index contributed by atoms with van der Waals surface area (Å²) in [4.78, 5) is 33.1. The van der Waals surface area contributed by atoms with Gasteiger partial charge in [0.1, 0.15) is 5.52 Å². The van der Waals surface area contributed by atoms with Gasteiger partial charge in [0.15, 0.2) is 0 Å². The summed E-state index contributed by atoms with van der Waals surface area (Å²) in [5.41, 5.74) is 6.97. The molecule has 0 aliphatic carbocycles. The molecule has 118 valence electrons. The van der Waals surface area contributed by atoms with Crippen molar-refractivity contribution >= 4 is 33.7 Å². The van der Waals surface area contributed by atoms with Crippen molar-refractivity contribution in [2.75, 3.05) is 5.43 Å². The highest BCUT2D eigenvalue weighted by molar-refractivity contribution is 6.04. The number of fused-ring (bicyclic) bond motifs is 3. The second-order valence-corrected chi connectivity index (χ2v) is 5.26. The Hall–Kier alpha value is -2.96. The monoisotopic (exact) mass is 311 g/mol. The van der Waals surface area contributed by atoms with Crippen LogP contribution in [0.3, 0.4) is 0 Å². The van der Waals surface area contributed by atoms with E-state index < -0.39 is 0 Å². The number of nitrogens with one attached hydrogen (secondary N) is 2. The lowest BCUT2D eigenvalue weighted by Crippen LogP contribution is -2.33. The molecule has 23 heavy (non-hydrogen) atoms.